The first kappa shape index (κ1) is 20.3. The van der Waals surface area contributed by atoms with Gasteiger partial charge in [0.15, 0.2) is 0 Å². The van der Waals surface area contributed by atoms with Gasteiger partial charge in [0, 0.05) is 31.6 Å². The van der Waals surface area contributed by atoms with Crippen LogP contribution in [0.25, 0.3) is 11.4 Å². The van der Waals surface area contributed by atoms with Crippen LogP contribution in [-0.2, 0) is 10.2 Å². The highest BCUT2D eigenvalue weighted by atomic mass is 32.2. The molecule has 2 heterocycles. The van der Waals surface area contributed by atoms with Crippen LogP contribution < -0.4 is 10.0 Å². The van der Waals surface area contributed by atoms with E-state index in [0.29, 0.717) is 18.5 Å². The fourth-order valence-corrected chi connectivity index (χ4v) is 5.02. The number of anilines is 1. The topological polar surface area (TPSA) is 90.1 Å². The zero-order valence-corrected chi connectivity index (χ0v) is 18.0. The first-order valence-corrected chi connectivity index (χ1v) is 11.6. The Labute approximate surface area is 165 Å². The maximum atomic E-state index is 11.8. The van der Waals surface area contributed by atoms with Gasteiger partial charge in [0.05, 0.1) is 10.7 Å². The van der Waals surface area contributed by atoms with Gasteiger partial charge in [-0.1, -0.05) is 0 Å². The van der Waals surface area contributed by atoms with E-state index < -0.39 is 10.2 Å². The minimum absolute atomic E-state index is 0.401. The van der Waals surface area contributed by atoms with E-state index in [4.69, 9.17) is 0 Å². The van der Waals surface area contributed by atoms with Gasteiger partial charge in [-0.3, -0.25) is 0 Å². The van der Waals surface area contributed by atoms with E-state index in [2.05, 4.69) is 39.1 Å². The van der Waals surface area contributed by atoms with Gasteiger partial charge in [0.1, 0.15) is 11.5 Å². The summed E-state index contributed by atoms with van der Waals surface area (Å²) in [6.45, 7) is 4.64. The van der Waals surface area contributed by atoms with Crippen molar-refractivity contribution in [2.24, 2.45) is 5.92 Å². The van der Waals surface area contributed by atoms with E-state index in [0.717, 1.165) is 47.9 Å². The third kappa shape index (κ3) is 5.10. The summed E-state index contributed by atoms with van der Waals surface area (Å²) < 4.78 is 27.5. The zero-order valence-electron chi connectivity index (χ0n) is 16.4. The number of thiazole rings is 1. The number of aromatic amines is 1. The van der Waals surface area contributed by atoms with Gasteiger partial charge in [-0.05, 0) is 57.6 Å². The molecule has 1 fully saturated rings. The van der Waals surface area contributed by atoms with Crippen molar-refractivity contribution < 1.29 is 8.42 Å². The standard InChI is InChI=1S/C18H29N5O2S2/c1-12-18(20-13(2)26-12)16-9-10-17(22-16)21-15-7-5-14(6-8-15)11-19-27(24,25)23(3)4/h9-10,14-15,19,21-22H,5-8,11H2,1-4H3. The van der Waals surface area contributed by atoms with Crippen LogP contribution in [0.15, 0.2) is 12.1 Å². The minimum Gasteiger partial charge on any atom is -0.369 e. The first-order valence-electron chi connectivity index (χ1n) is 9.31. The monoisotopic (exact) mass is 411 g/mol. The molecule has 0 aliphatic heterocycles. The quantitative estimate of drug-likeness (QED) is 0.653. The van der Waals surface area contributed by atoms with Crippen molar-refractivity contribution in [1.29, 1.82) is 0 Å². The number of hydrogen-bond acceptors (Lipinski definition) is 5. The SMILES string of the molecule is Cc1nc(-c2ccc(NC3CCC(CNS(=O)(=O)N(C)C)CC3)[nH]2)c(C)s1. The number of nitrogens with one attached hydrogen (secondary N) is 3. The van der Waals surface area contributed by atoms with E-state index in [9.17, 15) is 8.42 Å². The van der Waals surface area contributed by atoms with Crippen molar-refractivity contribution in [3.05, 3.63) is 22.0 Å². The molecule has 27 heavy (non-hydrogen) atoms. The second-order valence-electron chi connectivity index (χ2n) is 7.42. The predicted octanol–water partition coefficient (Wildman–Crippen LogP) is 3.12. The van der Waals surface area contributed by atoms with E-state index in [1.54, 1.807) is 25.4 Å². The van der Waals surface area contributed by atoms with Crippen LogP contribution in [0.1, 0.15) is 35.6 Å². The van der Waals surface area contributed by atoms with E-state index in [1.165, 1.54) is 9.18 Å². The van der Waals surface area contributed by atoms with Gasteiger partial charge in [-0.2, -0.15) is 12.7 Å². The third-order valence-electron chi connectivity index (χ3n) is 5.09. The number of rotatable bonds is 7. The molecule has 0 unspecified atom stereocenters. The Morgan fingerprint density at radius 2 is 1.93 bits per heavy atom. The molecule has 0 spiro atoms. The normalized spacial score (nSPS) is 20.9. The number of aryl methyl sites for hydroxylation is 2. The summed E-state index contributed by atoms with van der Waals surface area (Å²) in [5, 5.41) is 4.66. The molecular formula is C18H29N5O2S2. The number of hydrogen-bond donors (Lipinski definition) is 3. The lowest BCUT2D eigenvalue weighted by molar-refractivity contribution is 0.335. The lowest BCUT2D eigenvalue weighted by Gasteiger charge is -2.29. The fraction of sp³-hybridized carbons (Fsp3) is 0.611. The summed E-state index contributed by atoms with van der Waals surface area (Å²) in [5.41, 5.74) is 2.08. The van der Waals surface area contributed by atoms with Crippen LogP contribution in [0.3, 0.4) is 0 Å². The van der Waals surface area contributed by atoms with Crippen LogP contribution in [0.2, 0.25) is 0 Å². The number of nitrogens with zero attached hydrogens (tertiary/aromatic N) is 2. The maximum Gasteiger partial charge on any atom is 0.278 e. The van der Waals surface area contributed by atoms with E-state index in [1.807, 2.05) is 6.92 Å². The van der Waals surface area contributed by atoms with Crippen LogP contribution in [-0.4, -0.2) is 49.4 Å². The first-order chi connectivity index (χ1) is 12.7. The molecule has 3 rings (SSSR count). The van der Waals surface area contributed by atoms with Crippen molar-refractivity contribution in [3.63, 3.8) is 0 Å². The molecule has 150 valence electrons. The second kappa shape index (κ2) is 8.30. The smallest absolute Gasteiger partial charge is 0.278 e. The Balaban J connectivity index is 1.49. The van der Waals surface area contributed by atoms with Crippen LogP contribution in [0, 0.1) is 19.8 Å². The molecule has 2 aromatic rings. The van der Waals surface area contributed by atoms with Gasteiger partial charge < -0.3 is 10.3 Å². The molecule has 3 N–H and O–H groups in total. The summed E-state index contributed by atoms with van der Waals surface area (Å²) in [4.78, 5) is 9.26. The van der Waals surface area contributed by atoms with E-state index in [-0.39, 0.29) is 0 Å². The molecule has 1 aliphatic rings. The molecule has 0 bridgehead atoms. The zero-order chi connectivity index (χ0) is 19.6. The van der Waals surface area contributed by atoms with Gasteiger partial charge in [0.25, 0.3) is 10.2 Å². The Bertz CT molecular complexity index is 864. The third-order valence-corrected chi connectivity index (χ3v) is 7.47. The summed E-state index contributed by atoms with van der Waals surface area (Å²) in [6.07, 6.45) is 4.12. The van der Waals surface area contributed by atoms with Gasteiger partial charge in [-0.15, -0.1) is 11.3 Å². The van der Waals surface area contributed by atoms with Crippen molar-refractivity contribution >= 4 is 27.4 Å². The lowest BCUT2D eigenvalue weighted by Crippen LogP contribution is -2.39. The average molecular weight is 412 g/mol. The molecule has 7 nitrogen and oxygen atoms in total. The molecule has 1 saturated carbocycles. The van der Waals surface area contributed by atoms with Crippen LogP contribution in [0.5, 0.6) is 0 Å². The van der Waals surface area contributed by atoms with Crippen molar-refractivity contribution in [3.8, 4) is 11.4 Å². The molecule has 0 saturated heterocycles. The lowest BCUT2D eigenvalue weighted by atomic mass is 9.86. The summed E-state index contributed by atoms with van der Waals surface area (Å²) >= 11 is 1.71. The van der Waals surface area contributed by atoms with Gasteiger partial charge in [-0.25, -0.2) is 9.71 Å². The van der Waals surface area contributed by atoms with Crippen molar-refractivity contribution in [1.82, 2.24) is 19.0 Å². The predicted molar refractivity (Wildman–Crippen MR) is 111 cm³/mol. The molecule has 0 aromatic carbocycles. The molecule has 2 aromatic heterocycles. The summed E-state index contributed by atoms with van der Waals surface area (Å²) in [7, 11) is -0.240. The molecular weight excluding hydrogens is 382 g/mol. The van der Waals surface area contributed by atoms with Gasteiger partial charge >= 0.3 is 0 Å². The van der Waals surface area contributed by atoms with Gasteiger partial charge in [0.2, 0.25) is 0 Å². The largest absolute Gasteiger partial charge is 0.369 e. The number of H-pyrrole nitrogens is 1. The second-order valence-corrected chi connectivity index (χ2v) is 10.8. The molecule has 9 heteroatoms. The molecule has 1 aliphatic carbocycles. The van der Waals surface area contributed by atoms with Crippen LogP contribution in [0.4, 0.5) is 5.82 Å². The van der Waals surface area contributed by atoms with Crippen LogP contribution >= 0.6 is 11.3 Å². The molecule has 0 atom stereocenters. The Hall–Kier alpha value is -1.42. The average Bonchev–Trinajstić information content (AvgIpc) is 3.20. The Kier molecular flexibility index (Phi) is 6.25. The Morgan fingerprint density at radius 1 is 1.22 bits per heavy atom. The molecule has 0 amide bonds. The molecule has 0 radical (unpaired) electrons. The Morgan fingerprint density at radius 3 is 2.52 bits per heavy atom. The minimum atomic E-state index is -3.33. The summed E-state index contributed by atoms with van der Waals surface area (Å²) in [5.74, 6) is 1.42. The number of aromatic nitrogens is 2. The van der Waals surface area contributed by atoms with Crippen molar-refractivity contribution in [2.75, 3.05) is 26.0 Å². The van der Waals surface area contributed by atoms with Crippen molar-refractivity contribution in [2.45, 2.75) is 45.6 Å². The highest BCUT2D eigenvalue weighted by Gasteiger charge is 2.23. The van der Waals surface area contributed by atoms with E-state index >= 15 is 0 Å². The highest BCUT2D eigenvalue weighted by Crippen LogP contribution is 2.29. The highest BCUT2D eigenvalue weighted by molar-refractivity contribution is 7.87. The fourth-order valence-electron chi connectivity index (χ4n) is 3.48. The maximum absolute atomic E-state index is 11.8. The summed E-state index contributed by atoms with van der Waals surface area (Å²) in [6, 6.07) is 4.56.